The summed E-state index contributed by atoms with van der Waals surface area (Å²) in [5, 5.41) is 9.00. The molecule has 3 rings (SSSR count). The Morgan fingerprint density at radius 1 is 1.15 bits per heavy atom. The van der Waals surface area contributed by atoms with Crippen LogP contribution >= 0.6 is 11.6 Å². The molecule has 0 aliphatic carbocycles. The van der Waals surface area contributed by atoms with Crippen molar-refractivity contribution in [3.63, 3.8) is 0 Å². The van der Waals surface area contributed by atoms with Gasteiger partial charge in [-0.3, -0.25) is 5.10 Å². The third kappa shape index (κ3) is 2.40. The number of methoxy groups -OCH3 is 1. The number of aromatic nitrogens is 2. The predicted octanol–water partition coefficient (Wildman–Crippen LogP) is 4.40. The van der Waals surface area contributed by atoms with Gasteiger partial charge in [-0.15, -0.1) is 0 Å². The molecule has 1 aromatic heterocycles. The number of nitrogens with zero attached hydrogens (tertiary/aromatic N) is 1. The maximum absolute atomic E-state index is 6.10. The molecule has 1 N–H and O–H groups in total. The van der Waals surface area contributed by atoms with E-state index < -0.39 is 0 Å². The highest BCUT2D eigenvalue weighted by molar-refractivity contribution is 6.32. The number of fused-ring (bicyclic) bond motifs is 1. The van der Waals surface area contributed by atoms with E-state index in [2.05, 4.69) is 10.2 Å². The van der Waals surface area contributed by atoms with E-state index in [4.69, 9.17) is 16.3 Å². The maximum atomic E-state index is 6.10. The molecule has 0 saturated heterocycles. The molecular formula is C16H13ClN2O. The molecule has 100 valence electrons. The highest BCUT2D eigenvalue weighted by Gasteiger charge is 2.02. The van der Waals surface area contributed by atoms with Gasteiger partial charge in [-0.25, -0.2) is 0 Å². The van der Waals surface area contributed by atoms with Crippen molar-refractivity contribution < 1.29 is 4.74 Å². The van der Waals surface area contributed by atoms with E-state index in [-0.39, 0.29) is 0 Å². The quantitative estimate of drug-likeness (QED) is 0.774. The molecule has 1 heterocycles. The predicted molar refractivity (Wildman–Crippen MR) is 83.0 cm³/mol. The van der Waals surface area contributed by atoms with Crippen LogP contribution in [0.2, 0.25) is 5.02 Å². The SMILES string of the molecule is COc1ccc(C=Cc2n[nH]c3ccccc23)cc1Cl. The van der Waals surface area contributed by atoms with Crippen molar-refractivity contribution in [2.75, 3.05) is 7.11 Å². The zero-order valence-corrected chi connectivity index (χ0v) is 11.7. The average molecular weight is 285 g/mol. The van der Waals surface area contributed by atoms with Gasteiger partial charge in [0.2, 0.25) is 0 Å². The Kier molecular flexibility index (Phi) is 3.44. The molecule has 0 spiro atoms. The van der Waals surface area contributed by atoms with Crippen molar-refractivity contribution in [1.29, 1.82) is 0 Å². The Morgan fingerprint density at radius 2 is 2.00 bits per heavy atom. The van der Waals surface area contributed by atoms with E-state index in [1.165, 1.54) is 0 Å². The summed E-state index contributed by atoms with van der Waals surface area (Å²) in [5.74, 6) is 0.675. The molecular weight excluding hydrogens is 272 g/mol. The summed E-state index contributed by atoms with van der Waals surface area (Å²) in [7, 11) is 1.60. The molecule has 0 saturated carbocycles. The maximum Gasteiger partial charge on any atom is 0.137 e. The van der Waals surface area contributed by atoms with Gasteiger partial charge in [-0.05, 0) is 29.8 Å². The third-order valence-electron chi connectivity index (χ3n) is 3.11. The number of rotatable bonds is 3. The van der Waals surface area contributed by atoms with Crippen LogP contribution in [0.1, 0.15) is 11.3 Å². The number of halogens is 1. The average Bonchev–Trinajstić information content (AvgIpc) is 2.88. The van der Waals surface area contributed by atoms with E-state index in [9.17, 15) is 0 Å². The minimum absolute atomic E-state index is 0.599. The molecule has 0 aliphatic rings. The zero-order valence-electron chi connectivity index (χ0n) is 10.9. The van der Waals surface area contributed by atoms with Crippen molar-refractivity contribution in [1.82, 2.24) is 10.2 Å². The molecule has 0 aliphatic heterocycles. The highest BCUT2D eigenvalue weighted by atomic mass is 35.5. The van der Waals surface area contributed by atoms with Crippen LogP contribution in [0.25, 0.3) is 23.1 Å². The summed E-state index contributed by atoms with van der Waals surface area (Å²) >= 11 is 6.10. The Balaban J connectivity index is 1.92. The number of hydrogen-bond acceptors (Lipinski definition) is 2. The fourth-order valence-corrected chi connectivity index (χ4v) is 2.34. The number of benzene rings is 2. The monoisotopic (exact) mass is 284 g/mol. The second kappa shape index (κ2) is 5.39. The second-order valence-corrected chi connectivity index (χ2v) is 4.79. The number of aromatic amines is 1. The van der Waals surface area contributed by atoms with Crippen LogP contribution < -0.4 is 4.74 Å². The number of ether oxygens (including phenoxy) is 1. The first-order chi connectivity index (χ1) is 9.78. The van der Waals surface area contributed by atoms with Crippen LogP contribution in [0, 0.1) is 0 Å². The van der Waals surface area contributed by atoms with E-state index >= 15 is 0 Å². The van der Waals surface area contributed by atoms with Crippen LogP contribution in [-0.4, -0.2) is 17.3 Å². The molecule has 4 heteroatoms. The number of H-pyrrole nitrogens is 1. The first kappa shape index (κ1) is 12.8. The van der Waals surface area contributed by atoms with Crippen molar-refractivity contribution in [2.45, 2.75) is 0 Å². The van der Waals surface area contributed by atoms with Gasteiger partial charge in [-0.1, -0.05) is 41.9 Å². The van der Waals surface area contributed by atoms with E-state index in [0.717, 1.165) is 22.2 Å². The topological polar surface area (TPSA) is 37.9 Å². The number of hydrogen-bond donors (Lipinski definition) is 1. The van der Waals surface area contributed by atoms with E-state index in [0.29, 0.717) is 10.8 Å². The molecule has 0 amide bonds. The molecule has 0 radical (unpaired) electrons. The number of nitrogens with one attached hydrogen (secondary N) is 1. The van der Waals surface area contributed by atoms with Gasteiger partial charge in [0.25, 0.3) is 0 Å². The smallest absolute Gasteiger partial charge is 0.137 e. The van der Waals surface area contributed by atoms with Gasteiger partial charge >= 0.3 is 0 Å². The van der Waals surface area contributed by atoms with Crippen molar-refractivity contribution in [3.8, 4) is 5.75 Å². The molecule has 3 nitrogen and oxygen atoms in total. The molecule has 2 aromatic carbocycles. The van der Waals surface area contributed by atoms with Crippen molar-refractivity contribution in [2.24, 2.45) is 0 Å². The van der Waals surface area contributed by atoms with Crippen LogP contribution in [0.3, 0.4) is 0 Å². The Bertz CT molecular complexity index is 777. The lowest BCUT2D eigenvalue weighted by Crippen LogP contribution is -1.84. The summed E-state index contributed by atoms with van der Waals surface area (Å²) in [6.07, 6.45) is 3.95. The summed E-state index contributed by atoms with van der Waals surface area (Å²) in [6, 6.07) is 13.7. The fourth-order valence-electron chi connectivity index (χ4n) is 2.07. The Hall–Kier alpha value is -2.26. The van der Waals surface area contributed by atoms with E-state index in [1.54, 1.807) is 7.11 Å². The van der Waals surface area contributed by atoms with Crippen LogP contribution in [0.15, 0.2) is 42.5 Å². The largest absolute Gasteiger partial charge is 0.495 e. The lowest BCUT2D eigenvalue weighted by Gasteiger charge is -2.02. The minimum atomic E-state index is 0.599. The molecule has 0 atom stereocenters. The van der Waals surface area contributed by atoms with Crippen LogP contribution in [-0.2, 0) is 0 Å². The molecule has 0 fully saturated rings. The van der Waals surface area contributed by atoms with Gasteiger partial charge in [0.15, 0.2) is 0 Å². The van der Waals surface area contributed by atoms with Gasteiger partial charge in [0.05, 0.1) is 23.3 Å². The van der Waals surface area contributed by atoms with Gasteiger partial charge in [-0.2, -0.15) is 5.10 Å². The summed E-state index contributed by atoms with van der Waals surface area (Å²) in [5.41, 5.74) is 2.94. The molecule has 3 aromatic rings. The first-order valence-corrected chi connectivity index (χ1v) is 6.60. The third-order valence-corrected chi connectivity index (χ3v) is 3.40. The van der Waals surface area contributed by atoms with Crippen molar-refractivity contribution in [3.05, 3.63) is 58.7 Å². The zero-order chi connectivity index (χ0) is 13.9. The molecule has 20 heavy (non-hydrogen) atoms. The first-order valence-electron chi connectivity index (χ1n) is 6.22. The molecule has 0 unspecified atom stereocenters. The summed E-state index contributed by atoms with van der Waals surface area (Å²) in [4.78, 5) is 0. The summed E-state index contributed by atoms with van der Waals surface area (Å²) in [6.45, 7) is 0. The van der Waals surface area contributed by atoms with Gasteiger partial charge in [0, 0.05) is 5.39 Å². The fraction of sp³-hybridized carbons (Fsp3) is 0.0625. The lowest BCUT2D eigenvalue weighted by atomic mass is 10.1. The van der Waals surface area contributed by atoms with Crippen LogP contribution in [0.5, 0.6) is 5.75 Å². The Morgan fingerprint density at radius 3 is 2.80 bits per heavy atom. The Labute approximate surface area is 121 Å². The highest BCUT2D eigenvalue weighted by Crippen LogP contribution is 2.26. The number of para-hydroxylation sites is 1. The standard InChI is InChI=1S/C16H13ClN2O/c1-20-16-9-7-11(10-13(16)17)6-8-15-12-4-2-3-5-14(12)18-19-15/h2-10H,1H3,(H,18,19). The second-order valence-electron chi connectivity index (χ2n) is 4.38. The molecule has 0 bridgehead atoms. The van der Waals surface area contributed by atoms with Gasteiger partial charge in [0.1, 0.15) is 5.75 Å². The normalized spacial score (nSPS) is 11.3. The van der Waals surface area contributed by atoms with E-state index in [1.807, 2.05) is 54.6 Å². The van der Waals surface area contributed by atoms with Crippen molar-refractivity contribution >= 4 is 34.7 Å². The van der Waals surface area contributed by atoms with Crippen LogP contribution in [0.4, 0.5) is 0 Å². The lowest BCUT2D eigenvalue weighted by molar-refractivity contribution is 0.415. The summed E-state index contributed by atoms with van der Waals surface area (Å²) < 4.78 is 5.13. The minimum Gasteiger partial charge on any atom is -0.495 e. The van der Waals surface area contributed by atoms with Gasteiger partial charge < -0.3 is 4.74 Å².